The van der Waals surface area contributed by atoms with Crippen LogP contribution in [0.2, 0.25) is 0 Å². The number of hydrogen-bond acceptors (Lipinski definition) is 4. The third-order valence-corrected chi connectivity index (χ3v) is 3.64. The Balaban J connectivity index is 1.75. The second kappa shape index (κ2) is 8.33. The van der Waals surface area contributed by atoms with E-state index in [4.69, 9.17) is 9.47 Å². The van der Waals surface area contributed by atoms with Crippen LogP contribution in [-0.4, -0.2) is 25.1 Å². The standard InChI is InChI=1S/C17H16BrNO4/c1-12-6-2-5-9-15(12)22-11-17(21)23-10-16(20)19-14-8-4-3-7-13(14)18/h2-9H,10-11H2,1H3,(H,19,20). The fourth-order valence-electron chi connectivity index (χ4n) is 1.79. The first-order chi connectivity index (χ1) is 11.1. The van der Waals surface area contributed by atoms with Gasteiger partial charge in [0, 0.05) is 4.47 Å². The Morgan fingerprint density at radius 1 is 1.04 bits per heavy atom. The Bertz CT molecular complexity index is 702. The molecule has 6 heteroatoms. The van der Waals surface area contributed by atoms with E-state index in [1.807, 2.05) is 31.2 Å². The van der Waals surface area contributed by atoms with Crippen molar-refractivity contribution in [2.45, 2.75) is 6.92 Å². The van der Waals surface area contributed by atoms with Crippen molar-refractivity contribution in [3.05, 3.63) is 58.6 Å². The van der Waals surface area contributed by atoms with Crippen LogP contribution in [0.3, 0.4) is 0 Å². The molecule has 0 unspecified atom stereocenters. The first-order valence-electron chi connectivity index (χ1n) is 6.94. The number of nitrogens with one attached hydrogen (secondary N) is 1. The maximum Gasteiger partial charge on any atom is 0.344 e. The smallest absolute Gasteiger partial charge is 0.344 e. The molecule has 1 amide bonds. The zero-order chi connectivity index (χ0) is 16.7. The Labute approximate surface area is 142 Å². The molecular formula is C17H16BrNO4. The Morgan fingerprint density at radius 3 is 2.48 bits per heavy atom. The molecule has 0 bridgehead atoms. The van der Waals surface area contributed by atoms with Gasteiger partial charge in [-0.3, -0.25) is 4.79 Å². The van der Waals surface area contributed by atoms with E-state index >= 15 is 0 Å². The zero-order valence-corrected chi connectivity index (χ0v) is 14.1. The fourth-order valence-corrected chi connectivity index (χ4v) is 2.18. The van der Waals surface area contributed by atoms with Gasteiger partial charge in [0.25, 0.3) is 5.91 Å². The molecule has 2 aromatic rings. The molecule has 0 aliphatic heterocycles. The predicted molar refractivity (Wildman–Crippen MR) is 90.4 cm³/mol. The number of hydrogen-bond donors (Lipinski definition) is 1. The maximum absolute atomic E-state index is 11.7. The van der Waals surface area contributed by atoms with Gasteiger partial charge in [0.15, 0.2) is 13.2 Å². The van der Waals surface area contributed by atoms with Gasteiger partial charge < -0.3 is 14.8 Å². The third kappa shape index (κ3) is 5.41. The number of carbonyl (C=O) groups excluding carboxylic acids is 2. The van der Waals surface area contributed by atoms with Gasteiger partial charge in [0.05, 0.1) is 5.69 Å². The molecular weight excluding hydrogens is 362 g/mol. The van der Waals surface area contributed by atoms with E-state index in [0.29, 0.717) is 11.4 Å². The Morgan fingerprint density at radius 2 is 1.74 bits per heavy atom. The van der Waals surface area contributed by atoms with Crippen LogP contribution in [0.5, 0.6) is 5.75 Å². The van der Waals surface area contributed by atoms with Gasteiger partial charge in [0.2, 0.25) is 0 Å². The van der Waals surface area contributed by atoms with Gasteiger partial charge in [-0.2, -0.15) is 0 Å². The number of aryl methyl sites for hydroxylation is 1. The largest absolute Gasteiger partial charge is 0.482 e. The quantitative estimate of drug-likeness (QED) is 0.784. The highest BCUT2D eigenvalue weighted by atomic mass is 79.9. The lowest BCUT2D eigenvalue weighted by atomic mass is 10.2. The lowest BCUT2D eigenvalue weighted by molar-refractivity contribution is -0.149. The summed E-state index contributed by atoms with van der Waals surface area (Å²) in [7, 11) is 0. The van der Waals surface area contributed by atoms with Crippen LogP contribution >= 0.6 is 15.9 Å². The molecule has 0 atom stereocenters. The van der Waals surface area contributed by atoms with E-state index < -0.39 is 11.9 Å². The number of amides is 1. The first kappa shape index (κ1) is 17.0. The van der Waals surface area contributed by atoms with Crippen molar-refractivity contribution in [3.63, 3.8) is 0 Å². The second-order valence-corrected chi connectivity index (χ2v) is 5.60. The van der Waals surface area contributed by atoms with Crippen molar-refractivity contribution >= 4 is 33.5 Å². The summed E-state index contributed by atoms with van der Waals surface area (Å²) in [5.41, 5.74) is 1.54. The average molecular weight is 378 g/mol. The van der Waals surface area contributed by atoms with Crippen LogP contribution in [0.1, 0.15) is 5.56 Å². The van der Waals surface area contributed by atoms with Gasteiger partial charge in [-0.05, 0) is 46.6 Å². The minimum absolute atomic E-state index is 0.243. The van der Waals surface area contributed by atoms with Crippen molar-refractivity contribution in [2.24, 2.45) is 0 Å². The molecule has 0 aliphatic rings. The van der Waals surface area contributed by atoms with E-state index in [0.717, 1.165) is 10.0 Å². The molecule has 1 N–H and O–H groups in total. The molecule has 0 aromatic heterocycles. The molecule has 120 valence electrons. The second-order valence-electron chi connectivity index (χ2n) is 4.74. The summed E-state index contributed by atoms with van der Waals surface area (Å²) in [6, 6.07) is 14.5. The van der Waals surface area contributed by atoms with Gasteiger partial charge in [-0.15, -0.1) is 0 Å². The molecule has 2 aromatic carbocycles. The molecule has 0 saturated carbocycles. The van der Waals surface area contributed by atoms with Crippen molar-refractivity contribution in [3.8, 4) is 5.75 Å². The summed E-state index contributed by atoms with van der Waals surface area (Å²) in [4.78, 5) is 23.4. The molecule has 5 nitrogen and oxygen atoms in total. The molecule has 0 radical (unpaired) electrons. The third-order valence-electron chi connectivity index (χ3n) is 2.95. The monoisotopic (exact) mass is 377 g/mol. The van der Waals surface area contributed by atoms with Crippen molar-refractivity contribution in [1.82, 2.24) is 0 Å². The summed E-state index contributed by atoms with van der Waals surface area (Å²) in [6.07, 6.45) is 0. The number of anilines is 1. The van der Waals surface area contributed by atoms with E-state index in [9.17, 15) is 9.59 Å². The molecule has 0 fully saturated rings. The highest BCUT2D eigenvalue weighted by molar-refractivity contribution is 9.10. The summed E-state index contributed by atoms with van der Waals surface area (Å²) in [5, 5.41) is 2.64. The number of ether oxygens (including phenoxy) is 2. The number of benzene rings is 2. The van der Waals surface area contributed by atoms with E-state index in [1.165, 1.54) is 0 Å². The lowest BCUT2D eigenvalue weighted by Crippen LogP contribution is -2.23. The predicted octanol–water partition coefficient (Wildman–Crippen LogP) is 3.32. The number of esters is 1. The minimum Gasteiger partial charge on any atom is -0.482 e. The molecule has 23 heavy (non-hydrogen) atoms. The Hall–Kier alpha value is -2.34. The number of para-hydroxylation sites is 2. The summed E-state index contributed by atoms with van der Waals surface area (Å²) in [5.74, 6) is -0.404. The Kier molecular flexibility index (Phi) is 6.17. The SMILES string of the molecule is Cc1ccccc1OCC(=O)OCC(=O)Nc1ccccc1Br. The van der Waals surface area contributed by atoms with E-state index in [1.54, 1.807) is 24.3 Å². The molecule has 0 spiro atoms. The van der Waals surface area contributed by atoms with Crippen LogP contribution in [0.15, 0.2) is 53.0 Å². The summed E-state index contributed by atoms with van der Waals surface area (Å²) >= 11 is 3.32. The van der Waals surface area contributed by atoms with Gasteiger partial charge in [-0.1, -0.05) is 30.3 Å². The van der Waals surface area contributed by atoms with E-state index in [2.05, 4.69) is 21.2 Å². The lowest BCUT2D eigenvalue weighted by Gasteiger charge is -2.10. The number of rotatable bonds is 6. The van der Waals surface area contributed by atoms with Crippen LogP contribution in [-0.2, 0) is 14.3 Å². The summed E-state index contributed by atoms with van der Waals surface area (Å²) in [6.45, 7) is 1.27. The van der Waals surface area contributed by atoms with Crippen LogP contribution < -0.4 is 10.1 Å². The van der Waals surface area contributed by atoms with Crippen molar-refractivity contribution < 1.29 is 19.1 Å². The molecule has 0 saturated heterocycles. The normalized spacial score (nSPS) is 10.0. The number of carbonyl (C=O) groups is 2. The average Bonchev–Trinajstić information content (AvgIpc) is 2.54. The van der Waals surface area contributed by atoms with Gasteiger partial charge in [-0.25, -0.2) is 4.79 Å². The van der Waals surface area contributed by atoms with Crippen LogP contribution in [0.25, 0.3) is 0 Å². The summed E-state index contributed by atoms with van der Waals surface area (Å²) < 4.78 is 11.0. The molecule has 2 rings (SSSR count). The van der Waals surface area contributed by atoms with E-state index in [-0.39, 0.29) is 13.2 Å². The van der Waals surface area contributed by atoms with Crippen LogP contribution in [0.4, 0.5) is 5.69 Å². The maximum atomic E-state index is 11.7. The van der Waals surface area contributed by atoms with Crippen LogP contribution in [0, 0.1) is 6.92 Å². The van der Waals surface area contributed by atoms with Gasteiger partial charge >= 0.3 is 5.97 Å². The van der Waals surface area contributed by atoms with Crippen molar-refractivity contribution in [2.75, 3.05) is 18.5 Å². The number of halogens is 1. The van der Waals surface area contributed by atoms with Crippen molar-refractivity contribution in [1.29, 1.82) is 0 Å². The topological polar surface area (TPSA) is 64.6 Å². The fraction of sp³-hybridized carbons (Fsp3) is 0.176. The van der Waals surface area contributed by atoms with Gasteiger partial charge in [0.1, 0.15) is 5.75 Å². The zero-order valence-electron chi connectivity index (χ0n) is 12.5. The highest BCUT2D eigenvalue weighted by Crippen LogP contribution is 2.21. The highest BCUT2D eigenvalue weighted by Gasteiger charge is 2.10. The minimum atomic E-state index is -0.601. The first-order valence-corrected chi connectivity index (χ1v) is 7.74. The molecule has 0 heterocycles. The molecule has 0 aliphatic carbocycles.